The molecular formula is C15H26N2O2. The summed E-state index contributed by atoms with van der Waals surface area (Å²) in [4.78, 5) is 16.5. The van der Waals surface area contributed by atoms with Crippen LogP contribution >= 0.6 is 0 Å². The van der Waals surface area contributed by atoms with Crippen LogP contribution in [0.4, 0.5) is 0 Å². The highest BCUT2D eigenvalue weighted by molar-refractivity contribution is 6.07. The summed E-state index contributed by atoms with van der Waals surface area (Å²) < 4.78 is 5.90. The molecule has 108 valence electrons. The normalized spacial score (nSPS) is 26.4. The van der Waals surface area contributed by atoms with Crippen LogP contribution in [-0.2, 0) is 9.53 Å². The fraction of sp³-hybridized carbons (Fsp3) is 0.867. The molecule has 0 spiro atoms. The topological polar surface area (TPSA) is 50.7 Å². The van der Waals surface area contributed by atoms with Gasteiger partial charge in [-0.2, -0.15) is 0 Å². The van der Waals surface area contributed by atoms with E-state index in [1.807, 2.05) is 20.8 Å². The van der Waals surface area contributed by atoms with Crippen LogP contribution < -0.4 is 5.32 Å². The number of ether oxygens (including phenoxy) is 1. The van der Waals surface area contributed by atoms with E-state index in [9.17, 15) is 4.79 Å². The van der Waals surface area contributed by atoms with E-state index in [1.165, 1.54) is 32.1 Å². The largest absolute Gasteiger partial charge is 0.370 e. The monoisotopic (exact) mass is 266 g/mol. The van der Waals surface area contributed by atoms with Crippen molar-refractivity contribution in [2.24, 2.45) is 16.8 Å². The highest BCUT2D eigenvalue weighted by Gasteiger charge is 2.36. The third-order valence-electron chi connectivity index (χ3n) is 4.12. The summed E-state index contributed by atoms with van der Waals surface area (Å²) in [5, 5.41) is 2.95. The summed E-state index contributed by atoms with van der Waals surface area (Å²) in [7, 11) is 0. The Bertz CT molecular complexity index is 346. The summed E-state index contributed by atoms with van der Waals surface area (Å²) >= 11 is 0. The SMILES string of the molecule is CCOC(C1=NC(C(C)C)C(=O)N1)C1CCCCC1. The quantitative estimate of drug-likeness (QED) is 0.831. The van der Waals surface area contributed by atoms with Gasteiger partial charge < -0.3 is 10.1 Å². The molecule has 2 atom stereocenters. The Morgan fingerprint density at radius 1 is 1.32 bits per heavy atom. The van der Waals surface area contributed by atoms with Crippen LogP contribution in [0.2, 0.25) is 0 Å². The second kappa shape index (κ2) is 6.51. The van der Waals surface area contributed by atoms with Crippen molar-refractivity contribution >= 4 is 11.7 Å². The van der Waals surface area contributed by atoms with Crippen molar-refractivity contribution in [2.45, 2.75) is 65.0 Å². The lowest BCUT2D eigenvalue weighted by atomic mass is 9.84. The predicted molar refractivity (Wildman–Crippen MR) is 76.2 cm³/mol. The number of hydrogen-bond donors (Lipinski definition) is 1. The molecule has 2 rings (SSSR count). The average Bonchev–Trinajstić information content (AvgIpc) is 2.79. The molecule has 0 bridgehead atoms. The lowest BCUT2D eigenvalue weighted by Crippen LogP contribution is -2.42. The molecule has 0 aromatic rings. The van der Waals surface area contributed by atoms with Crippen LogP contribution in [0.1, 0.15) is 52.9 Å². The van der Waals surface area contributed by atoms with Crippen LogP contribution in [0.5, 0.6) is 0 Å². The van der Waals surface area contributed by atoms with Crippen molar-refractivity contribution in [3.05, 3.63) is 0 Å². The Balaban J connectivity index is 2.10. The molecule has 0 aromatic carbocycles. The number of hydrogen-bond acceptors (Lipinski definition) is 3. The zero-order valence-corrected chi connectivity index (χ0v) is 12.3. The number of amidine groups is 1. The van der Waals surface area contributed by atoms with Crippen molar-refractivity contribution in [3.8, 4) is 0 Å². The molecular weight excluding hydrogens is 240 g/mol. The number of amides is 1. The summed E-state index contributed by atoms with van der Waals surface area (Å²) in [5.41, 5.74) is 0. The van der Waals surface area contributed by atoms with Gasteiger partial charge in [-0.25, -0.2) is 0 Å². The van der Waals surface area contributed by atoms with Gasteiger partial charge in [-0.15, -0.1) is 0 Å². The summed E-state index contributed by atoms with van der Waals surface area (Å²) in [6.07, 6.45) is 6.21. The first kappa shape index (κ1) is 14.5. The van der Waals surface area contributed by atoms with E-state index >= 15 is 0 Å². The van der Waals surface area contributed by atoms with Crippen molar-refractivity contribution in [1.29, 1.82) is 0 Å². The van der Waals surface area contributed by atoms with Gasteiger partial charge in [-0.05, 0) is 31.6 Å². The summed E-state index contributed by atoms with van der Waals surface area (Å²) in [6.45, 7) is 6.75. The molecule has 2 aliphatic rings. The van der Waals surface area contributed by atoms with Gasteiger partial charge in [0.15, 0.2) is 0 Å². The third kappa shape index (κ3) is 3.35. The molecule has 0 radical (unpaired) electrons. The third-order valence-corrected chi connectivity index (χ3v) is 4.12. The Hall–Kier alpha value is -0.900. The van der Waals surface area contributed by atoms with Crippen molar-refractivity contribution in [2.75, 3.05) is 6.61 Å². The minimum atomic E-state index is -0.235. The second-order valence-electron chi connectivity index (χ2n) is 5.97. The van der Waals surface area contributed by atoms with Gasteiger partial charge in [0.1, 0.15) is 18.0 Å². The number of rotatable bonds is 5. The number of carbonyl (C=O) groups excluding carboxylic acids is 1. The van der Waals surface area contributed by atoms with Gasteiger partial charge in [0, 0.05) is 6.61 Å². The van der Waals surface area contributed by atoms with E-state index in [1.54, 1.807) is 0 Å². The van der Waals surface area contributed by atoms with Gasteiger partial charge in [-0.3, -0.25) is 9.79 Å². The second-order valence-corrected chi connectivity index (χ2v) is 5.97. The molecule has 0 saturated heterocycles. The van der Waals surface area contributed by atoms with Crippen LogP contribution in [0.3, 0.4) is 0 Å². The molecule has 1 heterocycles. The van der Waals surface area contributed by atoms with Crippen molar-refractivity contribution < 1.29 is 9.53 Å². The molecule has 1 aliphatic heterocycles. The van der Waals surface area contributed by atoms with Crippen molar-refractivity contribution in [3.63, 3.8) is 0 Å². The first-order chi connectivity index (χ1) is 9.13. The lowest BCUT2D eigenvalue weighted by molar-refractivity contribution is -0.120. The van der Waals surface area contributed by atoms with Crippen LogP contribution in [0.15, 0.2) is 4.99 Å². The number of carbonyl (C=O) groups is 1. The fourth-order valence-corrected chi connectivity index (χ4v) is 3.09. The van der Waals surface area contributed by atoms with E-state index in [0.29, 0.717) is 12.5 Å². The minimum Gasteiger partial charge on any atom is -0.370 e. The molecule has 4 nitrogen and oxygen atoms in total. The molecule has 1 fully saturated rings. The van der Waals surface area contributed by atoms with E-state index in [-0.39, 0.29) is 24.0 Å². The average molecular weight is 266 g/mol. The molecule has 19 heavy (non-hydrogen) atoms. The lowest BCUT2D eigenvalue weighted by Gasteiger charge is -2.29. The zero-order chi connectivity index (χ0) is 13.8. The first-order valence-corrected chi connectivity index (χ1v) is 7.63. The molecule has 1 N–H and O–H groups in total. The van der Waals surface area contributed by atoms with E-state index in [2.05, 4.69) is 10.3 Å². The number of nitrogens with one attached hydrogen (secondary N) is 1. The molecule has 1 amide bonds. The Morgan fingerprint density at radius 2 is 2.00 bits per heavy atom. The van der Waals surface area contributed by atoms with E-state index in [0.717, 1.165) is 5.84 Å². The molecule has 0 aromatic heterocycles. The Labute approximate surface area is 116 Å². The van der Waals surface area contributed by atoms with Gasteiger partial charge in [-0.1, -0.05) is 33.1 Å². The maximum absolute atomic E-state index is 11.9. The molecule has 2 unspecified atom stereocenters. The molecule has 1 aliphatic carbocycles. The minimum absolute atomic E-state index is 0.0157. The summed E-state index contributed by atoms with van der Waals surface area (Å²) in [5.74, 6) is 1.56. The van der Waals surface area contributed by atoms with Gasteiger partial charge in [0.05, 0.1) is 0 Å². The van der Waals surface area contributed by atoms with Crippen LogP contribution in [-0.4, -0.2) is 30.5 Å². The number of nitrogens with zero attached hydrogens (tertiary/aromatic N) is 1. The highest BCUT2D eigenvalue weighted by atomic mass is 16.5. The van der Waals surface area contributed by atoms with E-state index in [4.69, 9.17) is 4.74 Å². The smallest absolute Gasteiger partial charge is 0.250 e. The predicted octanol–water partition coefficient (Wildman–Crippen LogP) is 2.52. The van der Waals surface area contributed by atoms with Crippen LogP contribution in [0, 0.1) is 11.8 Å². The van der Waals surface area contributed by atoms with Crippen molar-refractivity contribution in [1.82, 2.24) is 5.32 Å². The maximum atomic E-state index is 11.9. The highest BCUT2D eigenvalue weighted by Crippen LogP contribution is 2.29. The molecule has 1 saturated carbocycles. The maximum Gasteiger partial charge on any atom is 0.250 e. The molecule has 4 heteroatoms. The number of aliphatic imine (C=N–C) groups is 1. The Morgan fingerprint density at radius 3 is 2.53 bits per heavy atom. The van der Waals surface area contributed by atoms with Gasteiger partial charge in [0.25, 0.3) is 0 Å². The first-order valence-electron chi connectivity index (χ1n) is 7.63. The van der Waals surface area contributed by atoms with Gasteiger partial charge in [0.2, 0.25) is 5.91 Å². The zero-order valence-electron chi connectivity index (χ0n) is 12.3. The van der Waals surface area contributed by atoms with Gasteiger partial charge >= 0.3 is 0 Å². The Kier molecular flexibility index (Phi) is 4.97. The summed E-state index contributed by atoms with van der Waals surface area (Å²) in [6, 6.07) is -0.235. The standard InChI is InChI=1S/C15H26N2O2/c1-4-19-13(11-8-6-5-7-9-11)14-16-12(10(2)3)15(18)17-14/h10-13H,4-9H2,1-3H3,(H,16,17,18). The van der Waals surface area contributed by atoms with Crippen LogP contribution in [0.25, 0.3) is 0 Å². The van der Waals surface area contributed by atoms with E-state index < -0.39 is 0 Å². The fourth-order valence-electron chi connectivity index (χ4n) is 3.09.